The summed E-state index contributed by atoms with van der Waals surface area (Å²) in [4.78, 5) is 1.09. The summed E-state index contributed by atoms with van der Waals surface area (Å²) >= 11 is 1.74. The van der Waals surface area contributed by atoms with Crippen molar-refractivity contribution in [2.75, 3.05) is 12.8 Å². The van der Waals surface area contributed by atoms with E-state index >= 15 is 0 Å². The Morgan fingerprint density at radius 2 is 1.80 bits per heavy atom. The third-order valence-electron chi connectivity index (χ3n) is 3.39. The summed E-state index contributed by atoms with van der Waals surface area (Å²) in [6.45, 7) is 4.25. The number of hydrogen-bond donors (Lipinski definition) is 1. The molecule has 20 heavy (non-hydrogen) atoms. The van der Waals surface area contributed by atoms with Crippen LogP contribution in [0.3, 0.4) is 0 Å². The van der Waals surface area contributed by atoms with Crippen molar-refractivity contribution in [1.29, 1.82) is 0 Å². The van der Waals surface area contributed by atoms with Crippen LogP contribution in [0.25, 0.3) is 0 Å². The van der Waals surface area contributed by atoms with Gasteiger partial charge in [0.25, 0.3) is 0 Å². The molecule has 0 heterocycles. The molecule has 1 N–H and O–H groups in total. The highest BCUT2D eigenvalue weighted by Crippen LogP contribution is 2.27. The van der Waals surface area contributed by atoms with Crippen LogP contribution in [0.4, 0.5) is 4.39 Å². The van der Waals surface area contributed by atoms with Crippen molar-refractivity contribution in [3.8, 4) is 0 Å². The van der Waals surface area contributed by atoms with Crippen LogP contribution < -0.4 is 5.32 Å². The topological polar surface area (TPSA) is 12.0 Å². The molecule has 2 rings (SSSR count). The molecule has 0 aliphatic heterocycles. The maximum atomic E-state index is 12.9. The molecule has 0 aliphatic carbocycles. The minimum absolute atomic E-state index is 0.186. The van der Waals surface area contributed by atoms with Gasteiger partial charge >= 0.3 is 0 Å². The molecular formula is C17H20FNS. The van der Waals surface area contributed by atoms with Crippen molar-refractivity contribution >= 4 is 11.8 Å². The number of benzene rings is 2. The van der Waals surface area contributed by atoms with Gasteiger partial charge in [-0.05, 0) is 56.3 Å². The second-order valence-corrected chi connectivity index (χ2v) is 6.06. The molecule has 0 radical (unpaired) electrons. The molecule has 1 unspecified atom stereocenters. The maximum absolute atomic E-state index is 12.9. The smallest absolute Gasteiger partial charge is 0.123 e. The number of nitrogens with one attached hydrogen (secondary N) is 1. The second-order valence-electron chi connectivity index (χ2n) is 4.97. The molecule has 2 aromatic rings. The van der Waals surface area contributed by atoms with E-state index < -0.39 is 0 Å². The van der Waals surface area contributed by atoms with E-state index in [0.717, 1.165) is 10.6 Å². The Morgan fingerprint density at radius 3 is 2.45 bits per heavy atom. The predicted molar refractivity (Wildman–Crippen MR) is 84.8 cm³/mol. The first-order valence-electron chi connectivity index (χ1n) is 6.73. The fourth-order valence-corrected chi connectivity index (χ4v) is 3.21. The van der Waals surface area contributed by atoms with Crippen molar-refractivity contribution in [3.05, 3.63) is 65.0 Å². The van der Waals surface area contributed by atoms with Crippen molar-refractivity contribution in [1.82, 2.24) is 5.32 Å². The van der Waals surface area contributed by atoms with E-state index in [9.17, 15) is 4.39 Å². The van der Waals surface area contributed by atoms with E-state index in [2.05, 4.69) is 37.4 Å². The molecule has 0 aliphatic rings. The van der Waals surface area contributed by atoms with Crippen LogP contribution in [0.2, 0.25) is 0 Å². The van der Waals surface area contributed by atoms with Crippen LogP contribution >= 0.6 is 11.8 Å². The average molecular weight is 289 g/mol. The van der Waals surface area contributed by atoms with Crippen LogP contribution in [-0.2, 0) is 0 Å². The molecule has 0 spiro atoms. The lowest BCUT2D eigenvalue weighted by Gasteiger charge is -2.19. The van der Waals surface area contributed by atoms with Crippen LogP contribution in [0.1, 0.15) is 22.7 Å². The van der Waals surface area contributed by atoms with Gasteiger partial charge in [0.1, 0.15) is 5.82 Å². The minimum Gasteiger partial charge on any atom is -0.312 e. The zero-order valence-corrected chi connectivity index (χ0v) is 12.9. The number of hydrogen-bond acceptors (Lipinski definition) is 2. The van der Waals surface area contributed by atoms with E-state index in [1.165, 1.54) is 28.8 Å². The normalized spacial score (nSPS) is 12.4. The van der Waals surface area contributed by atoms with Crippen LogP contribution in [0.5, 0.6) is 0 Å². The summed E-state index contributed by atoms with van der Waals surface area (Å²) in [7, 11) is 1.98. The number of rotatable bonds is 5. The van der Waals surface area contributed by atoms with Crippen LogP contribution in [0, 0.1) is 19.7 Å². The Morgan fingerprint density at radius 1 is 1.10 bits per heavy atom. The van der Waals surface area contributed by atoms with Gasteiger partial charge < -0.3 is 5.32 Å². The highest BCUT2D eigenvalue weighted by molar-refractivity contribution is 7.99. The Kier molecular flexibility index (Phi) is 5.21. The van der Waals surface area contributed by atoms with Crippen LogP contribution in [0.15, 0.2) is 47.4 Å². The summed E-state index contributed by atoms with van der Waals surface area (Å²) in [6.07, 6.45) is 0. The third kappa shape index (κ3) is 3.84. The van der Waals surface area contributed by atoms with Crippen LogP contribution in [-0.4, -0.2) is 12.8 Å². The van der Waals surface area contributed by atoms with Crippen molar-refractivity contribution in [3.63, 3.8) is 0 Å². The second kappa shape index (κ2) is 6.91. The Hall–Kier alpha value is -1.32. The van der Waals surface area contributed by atoms with Crippen molar-refractivity contribution < 1.29 is 4.39 Å². The Balaban J connectivity index is 2.09. The first-order valence-corrected chi connectivity index (χ1v) is 7.71. The first kappa shape index (κ1) is 15.1. The SMILES string of the molecule is CNC(CSc1ccc(F)cc1)c1cc(C)ccc1C. The molecule has 1 nitrogen and oxygen atoms in total. The maximum Gasteiger partial charge on any atom is 0.123 e. The van der Waals surface area contributed by atoms with Gasteiger partial charge in [0.05, 0.1) is 0 Å². The monoisotopic (exact) mass is 289 g/mol. The molecule has 0 bridgehead atoms. The summed E-state index contributed by atoms with van der Waals surface area (Å²) < 4.78 is 12.9. The molecule has 106 valence electrons. The van der Waals surface area contributed by atoms with E-state index in [0.29, 0.717) is 6.04 Å². The predicted octanol–water partition coefficient (Wildman–Crippen LogP) is 4.50. The van der Waals surface area contributed by atoms with Gasteiger partial charge in [0.2, 0.25) is 0 Å². The molecular weight excluding hydrogens is 269 g/mol. The minimum atomic E-state index is -0.186. The largest absolute Gasteiger partial charge is 0.312 e. The highest BCUT2D eigenvalue weighted by Gasteiger charge is 2.12. The van der Waals surface area contributed by atoms with Crippen molar-refractivity contribution in [2.45, 2.75) is 24.8 Å². The molecule has 0 saturated carbocycles. The van der Waals surface area contributed by atoms with Gasteiger partial charge in [0, 0.05) is 16.7 Å². The highest BCUT2D eigenvalue weighted by atomic mass is 32.2. The average Bonchev–Trinajstić information content (AvgIpc) is 2.45. The molecule has 3 heteroatoms. The van der Waals surface area contributed by atoms with Gasteiger partial charge in [0.15, 0.2) is 0 Å². The zero-order valence-electron chi connectivity index (χ0n) is 12.1. The molecule has 0 saturated heterocycles. The molecule has 0 amide bonds. The standard InChI is InChI=1S/C17H20FNS/c1-12-4-5-13(2)16(10-12)17(19-3)11-20-15-8-6-14(18)7-9-15/h4-10,17,19H,11H2,1-3H3. The lowest BCUT2D eigenvalue weighted by molar-refractivity contribution is 0.626. The van der Waals surface area contributed by atoms with Gasteiger partial charge in [-0.25, -0.2) is 4.39 Å². The van der Waals surface area contributed by atoms with Gasteiger partial charge in [-0.2, -0.15) is 0 Å². The summed E-state index contributed by atoms with van der Waals surface area (Å²) in [5.74, 6) is 0.737. The van der Waals surface area contributed by atoms with E-state index in [1.807, 2.05) is 19.2 Å². The molecule has 0 aromatic heterocycles. The molecule has 0 fully saturated rings. The fraction of sp³-hybridized carbons (Fsp3) is 0.294. The van der Waals surface area contributed by atoms with Gasteiger partial charge in [-0.3, -0.25) is 0 Å². The molecule has 1 atom stereocenters. The van der Waals surface area contributed by atoms with Crippen molar-refractivity contribution in [2.24, 2.45) is 0 Å². The molecule has 2 aromatic carbocycles. The van der Waals surface area contributed by atoms with Gasteiger partial charge in [-0.1, -0.05) is 23.8 Å². The van der Waals surface area contributed by atoms with E-state index in [1.54, 1.807) is 11.8 Å². The number of aryl methyl sites for hydroxylation is 2. The summed E-state index contributed by atoms with van der Waals surface area (Å²) in [5, 5.41) is 3.37. The summed E-state index contributed by atoms with van der Waals surface area (Å²) in [6, 6.07) is 13.5. The Labute approximate surface area is 124 Å². The first-order chi connectivity index (χ1) is 9.60. The number of thioether (sulfide) groups is 1. The number of halogens is 1. The third-order valence-corrected chi connectivity index (χ3v) is 4.49. The fourth-order valence-electron chi connectivity index (χ4n) is 2.17. The summed E-state index contributed by atoms with van der Waals surface area (Å²) in [5.41, 5.74) is 3.91. The van der Waals surface area contributed by atoms with E-state index in [4.69, 9.17) is 0 Å². The quantitative estimate of drug-likeness (QED) is 0.814. The zero-order chi connectivity index (χ0) is 14.5. The Bertz CT molecular complexity index is 566. The lowest BCUT2D eigenvalue weighted by Crippen LogP contribution is -2.19. The van der Waals surface area contributed by atoms with E-state index in [-0.39, 0.29) is 5.82 Å². The lowest BCUT2D eigenvalue weighted by atomic mass is 10.0. The van der Waals surface area contributed by atoms with Gasteiger partial charge in [-0.15, -0.1) is 11.8 Å².